The number of aromatic nitrogens is 1. The van der Waals surface area contributed by atoms with Gasteiger partial charge in [-0.25, -0.2) is 13.4 Å². The molecule has 1 aliphatic heterocycles. The van der Waals surface area contributed by atoms with Gasteiger partial charge in [-0.1, -0.05) is 0 Å². The van der Waals surface area contributed by atoms with E-state index in [1.54, 1.807) is 6.07 Å². The van der Waals surface area contributed by atoms with Gasteiger partial charge in [0.1, 0.15) is 5.56 Å². The van der Waals surface area contributed by atoms with Crippen LogP contribution in [0.15, 0.2) is 23.1 Å². The molecule has 2 aromatic rings. The Balaban J connectivity index is 1.88. The lowest BCUT2D eigenvalue weighted by Crippen LogP contribution is -2.30. The van der Waals surface area contributed by atoms with Crippen LogP contribution in [0.1, 0.15) is 54.1 Å². The second-order valence-electron chi connectivity index (χ2n) is 7.33. The molecule has 2 heterocycles. The second kappa shape index (κ2) is 6.98. The summed E-state index contributed by atoms with van der Waals surface area (Å²) in [6.07, 6.45) is 6.80. The third-order valence-electron chi connectivity index (χ3n) is 5.47. The molecule has 1 aromatic carbocycles. The molecular formula is C19H21BF2N2O3. The van der Waals surface area contributed by atoms with Crippen LogP contribution < -0.4 is 10.3 Å². The second-order valence-corrected chi connectivity index (χ2v) is 7.33. The zero-order valence-electron chi connectivity index (χ0n) is 15.2. The third-order valence-corrected chi connectivity index (χ3v) is 5.47. The number of aryl methyl sites for hydroxylation is 1. The minimum absolute atomic E-state index is 0.182. The minimum atomic E-state index is -3.25. The number of rotatable bonds is 4. The van der Waals surface area contributed by atoms with Crippen molar-refractivity contribution in [2.75, 3.05) is 18.0 Å². The first-order valence-electron chi connectivity index (χ1n) is 9.40. The third kappa shape index (κ3) is 3.33. The van der Waals surface area contributed by atoms with Crippen molar-refractivity contribution in [3.8, 4) is 0 Å². The summed E-state index contributed by atoms with van der Waals surface area (Å²) in [7, 11) is -3.25. The largest absolute Gasteiger partial charge is 0.798 e. The van der Waals surface area contributed by atoms with Crippen LogP contribution in [0.25, 0.3) is 10.9 Å². The highest BCUT2D eigenvalue weighted by Crippen LogP contribution is 2.39. The van der Waals surface area contributed by atoms with Gasteiger partial charge in [-0.05, 0) is 56.7 Å². The zero-order valence-corrected chi connectivity index (χ0v) is 15.2. The van der Waals surface area contributed by atoms with Crippen molar-refractivity contribution in [2.24, 2.45) is 0 Å². The summed E-state index contributed by atoms with van der Waals surface area (Å²) < 4.78 is 30.8. The van der Waals surface area contributed by atoms with E-state index in [9.17, 15) is 18.2 Å². The zero-order chi connectivity index (χ0) is 19.1. The number of fused-ring (bicyclic) bond motifs is 1. The molecule has 1 saturated heterocycles. The number of hydrogen-bond acceptors (Lipinski definition) is 4. The molecule has 0 spiro atoms. The van der Waals surface area contributed by atoms with E-state index in [4.69, 9.17) is 0 Å². The molecule has 5 nitrogen and oxygen atoms in total. The molecule has 2 aliphatic rings. The molecule has 0 radical (unpaired) electrons. The summed E-state index contributed by atoms with van der Waals surface area (Å²) in [5.74, 6) is -1.27. The summed E-state index contributed by atoms with van der Waals surface area (Å²) in [6.45, 7) is 3.96. The molecule has 27 heavy (non-hydrogen) atoms. The van der Waals surface area contributed by atoms with Crippen molar-refractivity contribution < 1.29 is 18.1 Å². The summed E-state index contributed by atoms with van der Waals surface area (Å²) >= 11 is 0. The van der Waals surface area contributed by atoms with Crippen molar-refractivity contribution in [1.82, 2.24) is 4.57 Å². The van der Waals surface area contributed by atoms with Gasteiger partial charge < -0.3 is 14.1 Å². The maximum absolute atomic E-state index is 12.8. The maximum Gasteiger partial charge on any atom is 0.798 e. The van der Waals surface area contributed by atoms with Gasteiger partial charge in [0.2, 0.25) is 5.43 Å². The molecule has 142 valence electrons. The van der Waals surface area contributed by atoms with Gasteiger partial charge in [0.05, 0.1) is 5.52 Å². The van der Waals surface area contributed by atoms with E-state index >= 15 is 0 Å². The van der Waals surface area contributed by atoms with E-state index in [0.29, 0.717) is 5.39 Å². The van der Waals surface area contributed by atoms with Crippen LogP contribution in [0.2, 0.25) is 0 Å². The molecule has 8 heteroatoms. The van der Waals surface area contributed by atoms with Crippen molar-refractivity contribution in [3.05, 3.63) is 39.7 Å². The van der Waals surface area contributed by atoms with Crippen molar-refractivity contribution in [3.63, 3.8) is 0 Å². The van der Waals surface area contributed by atoms with Crippen molar-refractivity contribution >= 4 is 30.0 Å². The fourth-order valence-corrected chi connectivity index (χ4v) is 4.02. The molecular weight excluding hydrogens is 353 g/mol. The van der Waals surface area contributed by atoms with Crippen LogP contribution in [-0.4, -0.2) is 31.1 Å². The topological polar surface area (TPSA) is 51.5 Å². The highest BCUT2D eigenvalue weighted by atomic mass is 19.2. The minimum Gasteiger partial charge on any atom is -0.474 e. The van der Waals surface area contributed by atoms with Gasteiger partial charge in [-0.3, -0.25) is 4.79 Å². The number of pyridine rings is 1. The molecule has 0 bridgehead atoms. The molecule has 1 saturated carbocycles. The lowest BCUT2D eigenvalue weighted by molar-refractivity contribution is 0.0693. The predicted molar refractivity (Wildman–Crippen MR) is 101 cm³/mol. The molecule has 1 aromatic heterocycles. The van der Waals surface area contributed by atoms with Crippen LogP contribution in [-0.2, 0) is 4.65 Å². The molecule has 4 rings (SSSR count). The number of piperidine rings is 1. The number of carbonyl (C=O) groups excluding carboxylic acids is 1. The lowest BCUT2D eigenvalue weighted by atomic mass is 10.0. The molecule has 0 N–H and O–H groups in total. The standard InChI is InChI=1S/C19H21BF2N2O3/c1-12-16(23-9-3-2-4-10-23)8-7-14-17(12)24(13-5-6-13)11-15(18(14)25)19(26)27-20(21)22/h7-8,11,13H,2-6,9-10H2,1H3. The number of benzene rings is 1. The van der Waals surface area contributed by atoms with E-state index in [2.05, 4.69) is 9.55 Å². The fraction of sp³-hybridized carbons (Fsp3) is 0.474. The Morgan fingerprint density at radius 1 is 1.19 bits per heavy atom. The number of hydrogen-bond donors (Lipinski definition) is 0. The number of nitrogens with zero attached hydrogens (tertiary/aromatic N) is 2. The number of halogens is 2. The number of carbonyl (C=O) groups is 1. The van der Waals surface area contributed by atoms with E-state index < -0.39 is 18.9 Å². The van der Waals surface area contributed by atoms with Gasteiger partial charge >= 0.3 is 13.4 Å². The van der Waals surface area contributed by atoms with E-state index in [0.717, 1.165) is 55.5 Å². The summed E-state index contributed by atoms with van der Waals surface area (Å²) in [6, 6.07) is 3.80. The Hall–Kier alpha value is -2.38. The first kappa shape index (κ1) is 18.0. The predicted octanol–water partition coefficient (Wildman–Crippen LogP) is 3.72. The van der Waals surface area contributed by atoms with E-state index in [-0.39, 0.29) is 11.6 Å². The summed E-state index contributed by atoms with van der Waals surface area (Å²) in [5.41, 5.74) is 1.99. The Morgan fingerprint density at radius 2 is 1.89 bits per heavy atom. The first-order chi connectivity index (χ1) is 13.0. The first-order valence-corrected chi connectivity index (χ1v) is 9.40. The van der Waals surface area contributed by atoms with Crippen LogP contribution >= 0.6 is 0 Å². The Labute approximate surface area is 156 Å². The van der Waals surface area contributed by atoms with Gasteiger partial charge in [0.15, 0.2) is 0 Å². The monoisotopic (exact) mass is 374 g/mol. The Kier molecular flexibility index (Phi) is 4.66. The SMILES string of the molecule is Cc1c(N2CCCCC2)ccc2c(=O)c(C(=O)OB(F)F)cn(C3CC3)c12. The Morgan fingerprint density at radius 3 is 2.52 bits per heavy atom. The average Bonchev–Trinajstić information content (AvgIpc) is 3.48. The number of anilines is 1. The van der Waals surface area contributed by atoms with Crippen molar-refractivity contribution in [2.45, 2.75) is 45.1 Å². The molecule has 0 amide bonds. The van der Waals surface area contributed by atoms with Crippen molar-refractivity contribution in [1.29, 1.82) is 0 Å². The molecule has 1 aliphatic carbocycles. The normalized spacial score (nSPS) is 17.2. The lowest BCUT2D eigenvalue weighted by Gasteiger charge is -2.31. The summed E-state index contributed by atoms with van der Waals surface area (Å²) in [4.78, 5) is 27.1. The van der Waals surface area contributed by atoms with E-state index in [1.807, 2.05) is 17.6 Å². The van der Waals surface area contributed by atoms with Gasteiger partial charge in [0, 0.05) is 36.4 Å². The Bertz CT molecular complexity index is 950. The van der Waals surface area contributed by atoms with E-state index in [1.165, 1.54) is 12.6 Å². The van der Waals surface area contributed by atoms with Crippen LogP contribution in [0.4, 0.5) is 14.3 Å². The molecule has 2 fully saturated rings. The van der Waals surface area contributed by atoms with Gasteiger partial charge in [0.25, 0.3) is 0 Å². The maximum atomic E-state index is 12.8. The highest BCUT2D eigenvalue weighted by molar-refractivity contribution is 6.38. The molecule has 0 unspecified atom stereocenters. The quantitative estimate of drug-likeness (QED) is 0.766. The highest BCUT2D eigenvalue weighted by Gasteiger charge is 2.30. The smallest absolute Gasteiger partial charge is 0.474 e. The van der Waals surface area contributed by atoms with Crippen LogP contribution in [0, 0.1) is 6.92 Å². The molecule has 0 atom stereocenters. The van der Waals surface area contributed by atoms with Gasteiger partial charge in [-0.15, -0.1) is 0 Å². The van der Waals surface area contributed by atoms with Crippen LogP contribution in [0.3, 0.4) is 0 Å². The average molecular weight is 374 g/mol. The van der Waals surface area contributed by atoms with Crippen LogP contribution in [0.5, 0.6) is 0 Å². The fourth-order valence-electron chi connectivity index (χ4n) is 4.02. The summed E-state index contributed by atoms with van der Waals surface area (Å²) in [5, 5.41) is 0.379. The van der Waals surface area contributed by atoms with Gasteiger partial charge in [-0.2, -0.15) is 0 Å².